The maximum Gasteiger partial charge on any atom is 0.255 e. The molecule has 0 aliphatic rings. The Labute approximate surface area is 118 Å². The summed E-state index contributed by atoms with van der Waals surface area (Å²) in [7, 11) is 0. The van der Waals surface area contributed by atoms with Crippen LogP contribution in [0.15, 0.2) is 30.7 Å². The number of pyridine rings is 1. The molecule has 0 aliphatic carbocycles. The fourth-order valence-corrected chi connectivity index (χ4v) is 1.83. The van der Waals surface area contributed by atoms with Crippen LogP contribution in [-0.4, -0.2) is 27.6 Å². The molecule has 2 aromatic rings. The topological polar surface area (TPSA) is 82.7 Å². The molecule has 106 valence electrons. The van der Waals surface area contributed by atoms with Gasteiger partial charge >= 0.3 is 0 Å². The monoisotopic (exact) mass is 273 g/mol. The van der Waals surface area contributed by atoms with Gasteiger partial charge in [0.2, 0.25) is 0 Å². The van der Waals surface area contributed by atoms with Crippen molar-refractivity contribution in [2.45, 2.75) is 26.3 Å². The number of rotatable bonds is 6. The van der Waals surface area contributed by atoms with E-state index in [0.717, 1.165) is 18.5 Å². The third-order valence-electron chi connectivity index (χ3n) is 2.96. The summed E-state index contributed by atoms with van der Waals surface area (Å²) in [4.78, 5) is 16.5. The van der Waals surface area contributed by atoms with Crippen molar-refractivity contribution < 1.29 is 4.79 Å². The minimum atomic E-state index is -0.148. The van der Waals surface area contributed by atoms with Crippen molar-refractivity contribution in [2.75, 3.05) is 11.9 Å². The molecule has 0 saturated carbocycles. The molecule has 0 spiro atoms. The summed E-state index contributed by atoms with van der Waals surface area (Å²) >= 11 is 0. The van der Waals surface area contributed by atoms with Gasteiger partial charge in [0.05, 0.1) is 17.8 Å². The molecule has 6 heteroatoms. The summed E-state index contributed by atoms with van der Waals surface area (Å²) in [5.41, 5.74) is 1.49. The van der Waals surface area contributed by atoms with E-state index in [0.29, 0.717) is 11.4 Å². The van der Waals surface area contributed by atoms with Crippen LogP contribution < -0.4 is 10.6 Å². The summed E-state index contributed by atoms with van der Waals surface area (Å²) in [6, 6.07) is 3.41. The first-order chi connectivity index (χ1) is 9.72. The third-order valence-corrected chi connectivity index (χ3v) is 2.96. The Morgan fingerprint density at radius 3 is 3.05 bits per heavy atom. The van der Waals surface area contributed by atoms with Crippen molar-refractivity contribution in [3.8, 4) is 0 Å². The lowest BCUT2D eigenvalue weighted by Gasteiger charge is -2.14. The normalized spacial score (nSPS) is 11.9. The number of hydrogen-bond donors (Lipinski definition) is 3. The number of hydrogen-bond acceptors (Lipinski definition) is 4. The van der Waals surface area contributed by atoms with Crippen molar-refractivity contribution >= 4 is 11.7 Å². The molecule has 0 saturated heterocycles. The molecular weight excluding hydrogens is 254 g/mol. The van der Waals surface area contributed by atoms with Gasteiger partial charge in [0, 0.05) is 24.5 Å². The highest BCUT2D eigenvalue weighted by Crippen LogP contribution is 2.15. The number of carbonyl (C=O) groups is 1. The molecular formula is C14H19N5O. The van der Waals surface area contributed by atoms with E-state index in [9.17, 15) is 4.79 Å². The van der Waals surface area contributed by atoms with Crippen LogP contribution in [0.4, 0.5) is 5.82 Å². The van der Waals surface area contributed by atoms with E-state index < -0.39 is 0 Å². The molecule has 3 N–H and O–H groups in total. The molecule has 1 atom stereocenters. The van der Waals surface area contributed by atoms with Gasteiger partial charge in [-0.25, -0.2) is 4.98 Å². The largest absolute Gasteiger partial charge is 0.369 e. The Morgan fingerprint density at radius 1 is 1.50 bits per heavy atom. The van der Waals surface area contributed by atoms with Gasteiger partial charge in [-0.3, -0.25) is 9.89 Å². The van der Waals surface area contributed by atoms with E-state index in [1.807, 2.05) is 6.92 Å². The second-order valence-corrected chi connectivity index (χ2v) is 4.55. The van der Waals surface area contributed by atoms with Gasteiger partial charge in [-0.15, -0.1) is 0 Å². The molecule has 20 heavy (non-hydrogen) atoms. The van der Waals surface area contributed by atoms with Crippen LogP contribution in [0.3, 0.4) is 0 Å². The Morgan fingerprint density at radius 2 is 2.35 bits per heavy atom. The van der Waals surface area contributed by atoms with Crippen molar-refractivity contribution in [2.24, 2.45) is 0 Å². The Hall–Kier alpha value is -2.37. The molecule has 0 aliphatic heterocycles. The van der Waals surface area contributed by atoms with Gasteiger partial charge < -0.3 is 10.6 Å². The predicted molar refractivity (Wildman–Crippen MR) is 77.5 cm³/mol. The Kier molecular flexibility index (Phi) is 4.70. The molecule has 0 aromatic carbocycles. The zero-order valence-corrected chi connectivity index (χ0v) is 11.7. The number of aromatic nitrogens is 3. The summed E-state index contributed by atoms with van der Waals surface area (Å²) in [6.07, 6.45) is 6.12. The van der Waals surface area contributed by atoms with Crippen LogP contribution in [0.1, 0.15) is 42.2 Å². The van der Waals surface area contributed by atoms with Crippen molar-refractivity contribution in [3.05, 3.63) is 41.9 Å². The van der Waals surface area contributed by atoms with Crippen LogP contribution in [0.25, 0.3) is 0 Å². The molecule has 0 radical (unpaired) electrons. The van der Waals surface area contributed by atoms with E-state index in [4.69, 9.17) is 0 Å². The van der Waals surface area contributed by atoms with Crippen molar-refractivity contribution in [1.29, 1.82) is 0 Å². The second kappa shape index (κ2) is 6.70. The quantitative estimate of drug-likeness (QED) is 0.753. The lowest BCUT2D eigenvalue weighted by molar-refractivity contribution is 0.0940. The standard InChI is InChI=1S/C14H19N5O/c1-3-6-15-13-12(5-4-7-16-13)14(20)19-10(2)11-8-17-18-9-11/h4-5,7-10H,3,6H2,1-2H3,(H,15,16)(H,17,18)(H,19,20). The fraction of sp³-hybridized carbons (Fsp3) is 0.357. The first-order valence-corrected chi connectivity index (χ1v) is 6.70. The average Bonchev–Trinajstić information content (AvgIpc) is 2.99. The van der Waals surface area contributed by atoms with E-state index in [-0.39, 0.29) is 11.9 Å². The Bertz CT molecular complexity index is 552. The number of H-pyrrole nitrogens is 1. The number of anilines is 1. The molecule has 1 amide bonds. The average molecular weight is 273 g/mol. The van der Waals surface area contributed by atoms with Crippen LogP contribution in [0, 0.1) is 0 Å². The van der Waals surface area contributed by atoms with Crippen molar-refractivity contribution in [1.82, 2.24) is 20.5 Å². The second-order valence-electron chi connectivity index (χ2n) is 4.55. The third kappa shape index (κ3) is 3.34. The maximum absolute atomic E-state index is 12.3. The van der Waals surface area contributed by atoms with E-state index in [1.165, 1.54) is 0 Å². The highest BCUT2D eigenvalue weighted by atomic mass is 16.1. The minimum absolute atomic E-state index is 0.111. The van der Waals surface area contributed by atoms with Gasteiger partial charge in [0.15, 0.2) is 0 Å². The molecule has 2 aromatic heterocycles. The van der Waals surface area contributed by atoms with Crippen LogP contribution >= 0.6 is 0 Å². The number of amides is 1. The molecule has 0 bridgehead atoms. The highest BCUT2D eigenvalue weighted by Gasteiger charge is 2.15. The summed E-state index contributed by atoms with van der Waals surface area (Å²) < 4.78 is 0. The summed E-state index contributed by atoms with van der Waals surface area (Å²) in [5, 5.41) is 12.7. The molecule has 0 fully saturated rings. The minimum Gasteiger partial charge on any atom is -0.369 e. The number of carbonyl (C=O) groups excluding carboxylic acids is 1. The summed E-state index contributed by atoms with van der Waals surface area (Å²) in [5.74, 6) is 0.469. The smallest absolute Gasteiger partial charge is 0.255 e. The maximum atomic E-state index is 12.3. The predicted octanol–water partition coefficient (Wildman–Crippen LogP) is 2.12. The number of aromatic amines is 1. The van der Waals surface area contributed by atoms with Crippen molar-refractivity contribution in [3.63, 3.8) is 0 Å². The van der Waals surface area contributed by atoms with E-state index >= 15 is 0 Å². The molecule has 2 heterocycles. The van der Waals surface area contributed by atoms with E-state index in [1.54, 1.807) is 30.7 Å². The van der Waals surface area contributed by atoms with Gasteiger partial charge in [-0.1, -0.05) is 6.92 Å². The van der Waals surface area contributed by atoms with E-state index in [2.05, 4.69) is 32.7 Å². The van der Waals surface area contributed by atoms with Crippen LogP contribution in [0.5, 0.6) is 0 Å². The highest BCUT2D eigenvalue weighted by molar-refractivity contribution is 5.98. The van der Waals surface area contributed by atoms with Gasteiger partial charge in [0.25, 0.3) is 5.91 Å². The first kappa shape index (κ1) is 14.0. The molecule has 2 rings (SSSR count). The zero-order chi connectivity index (χ0) is 14.4. The SMILES string of the molecule is CCCNc1ncccc1C(=O)NC(C)c1cn[nH]c1. The van der Waals surface area contributed by atoms with Gasteiger partial charge in [-0.05, 0) is 25.5 Å². The number of nitrogens with one attached hydrogen (secondary N) is 3. The molecule has 1 unspecified atom stereocenters. The van der Waals surface area contributed by atoms with Gasteiger partial charge in [0.1, 0.15) is 5.82 Å². The fourth-order valence-electron chi connectivity index (χ4n) is 1.83. The van der Waals surface area contributed by atoms with Crippen LogP contribution in [0.2, 0.25) is 0 Å². The lowest BCUT2D eigenvalue weighted by Crippen LogP contribution is -2.27. The lowest BCUT2D eigenvalue weighted by atomic mass is 10.1. The molecule has 6 nitrogen and oxygen atoms in total. The van der Waals surface area contributed by atoms with Crippen LogP contribution in [-0.2, 0) is 0 Å². The zero-order valence-electron chi connectivity index (χ0n) is 11.7. The number of nitrogens with zero attached hydrogens (tertiary/aromatic N) is 2. The van der Waals surface area contributed by atoms with Gasteiger partial charge in [-0.2, -0.15) is 5.10 Å². The summed E-state index contributed by atoms with van der Waals surface area (Å²) in [6.45, 7) is 4.77. The first-order valence-electron chi connectivity index (χ1n) is 6.70. The Balaban J connectivity index is 2.09.